The third-order valence-electron chi connectivity index (χ3n) is 10.8. The summed E-state index contributed by atoms with van der Waals surface area (Å²) < 4.78 is 0. The minimum Gasteiger partial charge on any atom is -0.508 e. The Labute approximate surface area is 376 Å². The van der Waals surface area contributed by atoms with Gasteiger partial charge in [0.05, 0.1) is 19.2 Å². The van der Waals surface area contributed by atoms with Crippen molar-refractivity contribution >= 4 is 41.4 Å². The Balaban J connectivity index is 1.22. The van der Waals surface area contributed by atoms with E-state index in [-0.39, 0.29) is 50.3 Å². The summed E-state index contributed by atoms with van der Waals surface area (Å²) in [7, 11) is 0. The number of phenolic OH excluding ortho intramolecular Hbond substituents is 2. The number of benzene rings is 4. The number of phenols is 2. The largest absolute Gasteiger partial charge is 0.508 e. The molecule has 0 radical (unpaired) electrons. The molecule has 18 heteroatoms. The number of carbonyl (C=O) groups excluding carboxylic acids is 7. The minimum absolute atomic E-state index is 0.0194. The fourth-order valence-electron chi connectivity index (χ4n) is 7.20. The summed E-state index contributed by atoms with van der Waals surface area (Å²) in [5.41, 5.74) is 8.85. The van der Waals surface area contributed by atoms with Crippen molar-refractivity contribution in [2.45, 2.75) is 81.8 Å². The Morgan fingerprint density at radius 3 is 1.75 bits per heavy atom. The van der Waals surface area contributed by atoms with Crippen LogP contribution < -0.4 is 37.6 Å². The van der Waals surface area contributed by atoms with Gasteiger partial charge in [0.1, 0.15) is 41.7 Å². The monoisotopic (exact) mass is 892 g/mol. The minimum atomic E-state index is -1.29. The van der Waals surface area contributed by atoms with Crippen molar-refractivity contribution in [2.75, 3.05) is 19.7 Å². The average molecular weight is 893 g/mol. The van der Waals surface area contributed by atoms with E-state index in [1.54, 1.807) is 54.6 Å². The Bertz CT molecular complexity index is 2250. The fraction of sp³-hybridized carbons (Fsp3) is 0.340. The lowest BCUT2D eigenvalue weighted by Gasteiger charge is -2.30. The van der Waals surface area contributed by atoms with Gasteiger partial charge in [0.2, 0.25) is 41.4 Å². The van der Waals surface area contributed by atoms with E-state index < -0.39 is 90.8 Å². The number of rotatable bonds is 21. The van der Waals surface area contributed by atoms with E-state index in [4.69, 9.17) is 5.73 Å². The quantitative estimate of drug-likeness (QED) is 0.0524. The summed E-state index contributed by atoms with van der Waals surface area (Å²) in [5, 5.41) is 45.1. The van der Waals surface area contributed by atoms with Gasteiger partial charge in [-0.2, -0.15) is 0 Å². The molecule has 0 aliphatic carbocycles. The van der Waals surface area contributed by atoms with Gasteiger partial charge in [-0.1, -0.05) is 84.9 Å². The standard InChI is InChI=1S/C47H56N8O10/c1-29(51-43(61)36(48)23-31-14-18-34(57)19-15-31)42(60)53-37(24-30-9-4-2-5-10-30)44(62)50-27-41(59)52-38(25-32-16-20-35(58)21-17-32)47(65)55-22-8-13-40(55)46(64)54-39(28-56)45(63)49-26-33-11-6-3-7-12-33/h2-7,9-12,14-21,29,36-40,56-58H,8,13,22-28,48H2,1H3,(H,49,63)(H,50,62)(H,51,61)(H,52,59)(H,53,60)(H,54,64)/t29-,36+,37+,38+,39+,40+/m1/s1. The zero-order valence-electron chi connectivity index (χ0n) is 35.9. The van der Waals surface area contributed by atoms with Gasteiger partial charge in [0, 0.05) is 25.9 Å². The van der Waals surface area contributed by atoms with Crippen LogP contribution >= 0.6 is 0 Å². The molecule has 1 aliphatic heterocycles. The molecule has 1 aliphatic rings. The third-order valence-corrected chi connectivity index (χ3v) is 10.8. The number of nitrogens with one attached hydrogen (secondary N) is 6. The van der Waals surface area contributed by atoms with Crippen LogP contribution in [-0.2, 0) is 59.4 Å². The summed E-state index contributed by atoms with van der Waals surface area (Å²) in [6, 6.07) is 23.1. The number of aromatic hydroxyl groups is 2. The predicted molar refractivity (Wildman–Crippen MR) is 238 cm³/mol. The summed E-state index contributed by atoms with van der Waals surface area (Å²) in [4.78, 5) is 95.6. The predicted octanol–water partition coefficient (Wildman–Crippen LogP) is -0.172. The number of carbonyl (C=O) groups is 7. The maximum absolute atomic E-state index is 14.2. The first-order chi connectivity index (χ1) is 31.2. The van der Waals surface area contributed by atoms with Crippen LogP contribution in [0.2, 0.25) is 0 Å². The Morgan fingerprint density at radius 2 is 1.15 bits per heavy atom. The van der Waals surface area contributed by atoms with Crippen LogP contribution in [0, 0.1) is 0 Å². The van der Waals surface area contributed by atoms with Crippen molar-refractivity contribution in [1.29, 1.82) is 0 Å². The average Bonchev–Trinajstić information content (AvgIpc) is 3.81. The van der Waals surface area contributed by atoms with Crippen molar-refractivity contribution < 1.29 is 48.9 Å². The summed E-state index contributed by atoms with van der Waals surface area (Å²) in [6.45, 7) is 0.448. The lowest BCUT2D eigenvalue weighted by atomic mass is 10.0. The van der Waals surface area contributed by atoms with E-state index in [2.05, 4.69) is 31.9 Å². The smallest absolute Gasteiger partial charge is 0.246 e. The van der Waals surface area contributed by atoms with Gasteiger partial charge in [-0.3, -0.25) is 33.6 Å². The molecule has 7 amide bonds. The summed E-state index contributed by atoms with van der Waals surface area (Å²) in [6.07, 6.45) is 0.790. The SMILES string of the molecule is C[C@@H](NC(=O)[C@@H](N)Cc1ccc(O)cc1)C(=O)N[C@@H](Cc1ccccc1)C(=O)NCC(=O)N[C@@H](Cc1ccc(O)cc1)C(=O)N1CCC[C@H]1C(=O)N[C@@H](CO)C(=O)NCc1ccccc1. The number of aliphatic hydroxyl groups excluding tert-OH is 1. The molecule has 1 heterocycles. The van der Waals surface area contributed by atoms with Crippen LogP contribution in [0.3, 0.4) is 0 Å². The first-order valence-electron chi connectivity index (χ1n) is 21.3. The van der Waals surface area contributed by atoms with Crippen molar-refractivity contribution in [3.05, 3.63) is 131 Å². The van der Waals surface area contributed by atoms with Crippen molar-refractivity contribution in [3.63, 3.8) is 0 Å². The number of hydrogen-bond acceptors (Lipinski definition) is 11. The van der Waals surface area contributed by atoms with Crippen LogP contribution in [0.4, 0.5) is 0 Å². The van der Waals surface area contributed by atoms with Crippen LogP contribution in [0.1, 0.15) is 42.0 Å². The van der Waals surface area contributed by atoms with E-state index >= 15 is 0 Å². The number of nitrogens with zero attached hydrogens (tertiary/aromatic N) is 1. The third kappa shape index (κ3) is 14.9. The van der Waals surface area contributed by atoms with Gasteiger partial charge in [0.25, 0.3) is 0 Å². The first kappa shape index (κ1) is 48.7. The van der Waals surface area contributed by atoms with Crippen molar-refractivity contribution in [1.82, 2.24) is 36.8 Å². The van der Waals surface area contributed by atoms with Gasteiger partial charge in [0.15, 0.2) is 0 Å². The number of aliphatic hydroxyl groups is 1. The maximum atomic E-state index is 14.2. The maximum Gasteiger partial charge on any atom is 0.246 e. The number of hydrogen-bond donors (Lipinski definition) is 10. The molecule has 0 spiro atoms. The molecule has 18 nitrogen and oxygen atoms in total. The Hall–Kier alpha value is -7.31. The molecular weight excluding hydrogens is 837 g/mol. The van der Waals surface area contributed by atoms with E-state index in [1.807, 2.05) is 30.3 Å². The second kappa shape index (κ2) is 23.9. The molecule has 65 heavy (non-hydrogen) atoms. The molecule has 0 unspecified atom stereocenters. The lowest BCUT2D eigenvalue weighted by Crippen LogP contribution is -2.58. The first-order valence-corrected chi connectivity index (χ1v) is 21.3. The zero-order chi connectivity index (χ0) is 46.9. The molecule has 0 saturated carbocycles. The summed E-state index contributed by atoms with van der Waals surface area (Å²) in [5.74, 6) is -4.66. The molecule has 4 aromatic carbocycles. The van der Waals surface area contributed by atoms with Gasteiger partial charge >= 0.3 is 0 Å². The van der Waals surface area contributed by atoms with Crippen molar-refractivity contribution in [3.8, 4) is 11.5 Å². The van der Waals surface area contributed by atoms with Crippen LogP contribution in [0.25, 0.3) is 0 Å². The number of amides is 7. The molecule has 5 rings (SSSR count). The normalized spacial score (nSPS) is 15.6. The van der Waals surface area contributed by atoms with Crippen LogP contribution in [0.5, 0.6) is 11.5 Å². The lowest BCUT2D eigenvalue weighted by molar-refractivity contribution is -0.142. The van der Waals surface area contributed by atoms with Crippen LogP contribution in [0.15, 0.2) is 109 Å². The highest BCUT2D eigenvalue weighted by atomic mass is 16.3. The summed E-state index contributed by atoms with van der Waals surface area (Å²) >= 11 is 0. The van der Waals surface area contributed by atoms with E-state index in [9.17, 15) is 48.9 Å². The zero-order valence-corrected chi connectivity index (χ0v) is 35.9. The molecule has 4 aromatic rings. The highest BCUT2D eigenvalue weighted by Gasteiger charge is 2.39. The molecule has 0 bridgehead atoms. The Kier molecular flexibility index (Phi) is 17.9. The highest BCUT2D eigenvalue weighted by Crippen LogP contribution is 2.21. The van der Waals surface area contributed by atoms with Gasteiger partial charge in [-0.25, -0.2) is 0 Å². The van der Waals surface area contributed by atoms with Gasteiger partial charge in [-0.05, 0) is 72.7 Å². The molecule has 1 fully saturated rings. The second-order valence-electron chi connectivity index (χ2n) is 15.8. The van der Waals surface area contributed by atoms with Crippen molar-refractivity contribution in [2.24, 2.45) is 5.73 Å². The second-order valence-corrected chi connectivity index (χ2v) is 15.8. The van der Waals surface area contributed by atoms with E-state index in [0.717, 1.165) is 5.56 Å². The van der Waals surface area contributed by atoms with E-state index in [0.29, 0.717) is 23.1 Å². The fourth-order valence-corrected chi connectivity index (χ4v) is 7.20. The highest BCUT2D eigenvalue weighted by molar-refractivity contribution is 5.96. The number of nitrogens with two attached hydrogens (primary N) is 1. The molecule has 1 saturated heterocycles. The molecule has 0 aromatic heterocycles. The molecular formula is C47H56N8O10. The molecule has 6 atom stereocenters. The molecule has 344 valence electrons. The topological polar surface area (TPSA) is 282 Å². The molecule has 11 N–H and O–H groups in total. The van der Waals surface area contributed by atoms with Gasteiger partial charge in [-0.15, -0.1) is 0 Å². The van der Waals surface area contributed by atoms with Crippen LogP contribution in [-0.4, -0.2) is 118 Å². The number of likely N-dealkylation sites (tertiary alicyclic amines) is 1. The van der Waals surface area contributed by atoms with E-state index in [1.165, 1.54) is 36.1 Å². The van der Waals surface area contributed by atoms with Gasteiger partial charge < -0.3 is 57.9 Å². The Morgan fingerprint density at radius 1 is 0.615 bits per heavy atom.